The van der Waals surface area contributed by atoms with E-state index >= 15 is 4.39 Å². The van der Waals surface area contributed by atoms with Crippen molar-refractivity contribution in [1.82, 2.24) is 9.88 Å². The van der Waals surface area contributed by atoms with E-state index in [1.165, 1.54) is 0 Å². The first-order valence-electron chi connectivity index (χ1n) is 8.63. The van der Waals surface area contributed by atoms with Crippen LogP contribution in [0.15, 0.2) is 18.3 Å². The van der Waals surface area contributed by atoms with Crippen LogP contribution in [0.5, 0.6) is 0 Å². The summed E-state index contributed by atoms with van der Waals surface area (Å²) in [5.74, 6) is 0. The van der Waals surface area contributed by atoms with Crippen LogP contribution in [0.25, 0.3) is 0 Å². The second-order valence-corrected chi connectivity index (χ2v) is 7.48. The van der Waals surface area contributed by atoms with E-state index in [0.29, 0.717) is 37.6 Å². The number of hydrogen-bond donors (Lipinski definition) is 0. The largest absolute Gasteiger partial charge is 0.444 e. The molecule has 3 heterocycles. The third-order valence-electron chi connectivity index (χ3n) is 4.37. The molecule has 0 unspecified atom stereocenters. The first kappa shape index (κ1) is 18.1. The van der Waals surface area contributed by atoms with E-state index in [4.69, 9.17) is 14.2 Å². The smallest absolute Gasteiger partial charge is 0.410 e. The summed E-state index contributed by atoms with van der Waals surface area (Å²) in [5.41, 5.74) is -0.860. The Hall–Kier alpha value is -1.73. The maximum Gasteiger partial charge on any atom is 0.410 e. The van der Waals surface area contributed by atoms with Gasteiger partial charge in [0.25, 0.3) is 0 Å². The lowest BCUT2D eigenvalue weighted by molar-refractivity contribution is -0.0474. The summed E-state index contributed by atoms with van der Waals surface area (Å²) >= 11 is 0. The van der Waals surface area contributed by atoms with Gasteiger partial charge in [0.2, 0.25) is 6.29 Å². The molecule has 6 nitrogen and oxygen atoms in total. The van der Waals surface area contributed by atoms with E-state index < -0.39 is 23.7 Å². The number of aromatic nitrogens is 1. The van der Waals surface area contributed by atoms with Gasteiger partial charge in [-0.05, 0) is 26.8 Å². The van der Waals surface area contributed by atoms with E-state index in [9.17, 15) is 4.79 Å². The highest BCUT2D eigenvalue weighted by molar-refractivity contribution is 5.68. The van der Waals surface area contributed by atoms with Gasteiger partial charge in [0.05, 0.1) is 18.9 Å². The number of carbonyl (C=O) groups excluding carboxylic acids is 1. The molecule has 25 heavy (non-hydrogen) atoms. The fourth-order valence-electron chi connectivity index (χ4n) is 3.00. The van der Waals surface area contributed by atoms with Crippen LogP contribution in [0.3, 0.4) is 0 Å². The number of alkyl halides is 1. The Balaban J connectivity index is 1.61. The zero-order chi connectivity index (χ0) is 18.1. The molecule has 7 heteroatoms. The first-order valence-corrected chi connectivity index (χ1v) is 8.63. The van der Waals surface area contributed by atoms with Gasteiger partial charge in [0.1, 0.15) is 11.3 Å². The van der Waals surface area contributed by atoms with Crippen molar-refractivity contribution in [3.8, 4) is 0 Å². The Kier molecular flexibility index (Phi) is 4.97. The van der Waals surface area contributed by atoms with Crippen molar-refractivity contribution >= 4 is 6.09 Å². The van der Waals surface area contributed by atoms with Crippen molar-refractivity contribution in [2.45, 2.75) is 51.2 Å². The van der Waals surface area contributed by atoms with Crippen LogP contribution < -0.4 is 0 Å². The van der Waals surface area contributed by atoms with Crippen LogP contribution in [-0.4, -0.2) is 47.9 Å². The lowest BCUT2D eigenvalue weighted by atomic mass is 9.87. The molecular formula is C18H25FN2O4. The molecule has 2 aliphatic rings. The average Bonchev–Trinajstić information content (AvgIpc) is 3.08. The predicted octanol–water partition coefficient (Wildman–Crippen LogP) is 3.32. The van der Waals surface area contributed by atoms with Crippen molar-refractivity contribution in [3.05, 3.63) is 29.6 Å². The topological polar surface area (TPSA) is 60.9 Å². The average molecular weight is 352 g/mol. The molecule has 0 atom stereocenters. The van der Waals surface area contributed by atoms with Gasteiger partial charge in [-0.25, -0.2) is 9.18 Å². The quantitative estimate of drug-likeness (QED) is 0.817. The van der Waals surface area contributed by atoms with Crippen LogP contribution in [0.2, 0.25) is 0 Å². The van der Waals surface area contributed by atoms with Crippen molar-refractivity contribution in [2.24, 2.45) is 0 Å². The number of halogens is 1. The molecule has 0 bridgehead atoms. The standard InChI is InChI=1S/C18H25FN2O4/c1-17(2,3)25-16(22)21-8-6-18(19,7-9-21)13-4-5-14(20-12-13)15-23-10-11-24-15/h4-5,12,15H,6-11H2,1-3H3. The second-order valence-electron chi connectivity index (χ2n) is 7.48. The van der Waals surface area contributed by atoms with Crippen molar-refractivity contribution in [3.63, 3.8) is 0 Å². The van der Waals surface area contributed by atoms with Crippen molar-refractivity contribution < 1.29 is 23.4 Å². The highest BCUT2D eigenvalue weighted by Crippen LogP contribution is 2.37. The zero-order valence-corrected chi connectivity index (χ0v) is 15.0. The molecule has 0 aliphatic carbocycles. The van der Waals surface area contributed by atoms with E-state index in [2.05, 4.69) is 4.98 Å². The van der Waals surface area contributed by atoms with Gasteiger partial charge in [-0.3, -0.25) is 4.98 Å². The third-order valence-corrected chi connectivity index (χ3v) is 4.37. The molecule has 0 radical (unpaired) electrons. The normalized spacial score (nSPS) is 21.4. The maximum absolute atomic E-state index is 15.3. The fourth-order valence-corrected chi connectivity index (χ4v) is 3.00. The summed E-state index contributed by atoms with van der Waals surface area (Å²) in [6, 6.07) is 3.48. The molecule has 2 fully saturated rings. The molecule has 2 saturated heterocycles. The first-order chi connectivity index (χ1) is 11.8. The predicted molar refractivity (Wildman–Crippen MR) is 88.7 cm³/mol. The Morgan fingerprint density at radius 1 is 1.28 bits per heavy atom. The van der Waals surface area contributed by atoms with Gasteiger partial charge in [-0.1, -0.05) is 6.07 Å². The Morgan fingerprint density at radius 3 is 2.44 bits per heavy atom. The van der Waals surface area contributed by atoms with Gasteiger partial charge in [-0.2, -0.15) is 0 Å². The fraction of sp³-hybridized carbons (Fsp3) is 0.667. The number of pyridine rings is 1. The Labute approximate surface area is 147 Å². The number of piperidine rings is 1. The van der Waals surface area contributed by atoms with E-state index in [1.54, 1.807) is 23.2 Å². The minimum absolute atomic E-state index is 0.226. The molecule has 0 N–H and O–H groups in total. The number of likely N-dealkylation sites (tertiary alicyclic amines) is 1. The zero-order valence-electron chi connectivity index (χ0n) is 15.0. The molecule has 1 aromatic rings. The molecular weight excluding hydrogens is 327 g/mol. The molecule has 0 aromatic carbocycles. The lowest BCUT2D eigenvalue weighted by Gasteiger charge is -2.37. The Morgan fingerprint density at radius 2 is 1.92 bits per heavy atom. The van der Waals surface area contributed by atoms with E-state index in [1.807, 2.05) is 20.8 Å². The highest BCUT2D eigenvalue weighted by atomic mass is 19.1. The number of amides is 1. The summed E-state index contributed by atoms with van der Waals surface area (Å²) in [4.78, 5) is 17.9. The van der Waals surface area contributed by atoms with Crippen molar-refractivity contribution in [1.29, 1.82) is 0 Å². The summed E-state index contributed by atoms with van der Waals surface area (Å²) in [7, 11) is 0. The van der Waals surface area contributed by atoms with Gasteiger partial charge in [-0.15, -0.1) is 0 Å². The molecule has 2 aliphatic heterocycles. The van der Waals surface area contributed by atoms with Crippen LogP contribution in [0.4, 0.5) is 9.18 Å². The summed E-state index contributed by atoms with van der Waals surface area (Å²) in [5, 5.41) is 0. The minimum atomic E-state index is -1.48. The van der Waals surface area contributed by atoms with Gasteiger partial charge < -0.3 is 19.1 Å². The van der Waals surface area contributed by atoms with Crippen molar-refractivity contribution in [2.75, 3.05) is 26.3 Å². The Bertz CT molecular complexity index is 600. The monoisotopic (exact) mass is 352 g/mol. The molecule has 3 rings (SSSR count). The number of rotatable bonds is 2. The maximum atomic E-state index is 15.3. The summed E-state index contributed by atoms with van der Waals surface area (Å²) in [6.07, 6.45) is 1.15. The molecule has 1 amide bonds. The summed E-state index contributed by atoms with van der Waals surface area (Å²) < 4.78 is 31.4. The SMILES string of the molecule is CC(C)(C)OC(=O)N1CCC(F)(c2ccc(C3OCCO3)nc2)CC1. The van der Waals surface area contributed by atoms with Crippen LogP contribution in [0, 0.1) is 0 Å². The molecule has 138 valence electrons. The number of ether oxygens (including phenoxy) is 3. The van der Waals surface area contributed by atoms with Crippen LogP contribution in [0.1, 0.15) is 51.2 Å². The minimum Gasteiger partial charge on any atom is -0.444 e. The van der Waals surface area contributed by atoms with Gasteiger partial charge >= 0.3 is 6.09 Å². The second kappa shape index (κ2) is 6.88. The van der Waals surface area contributed by atoms with E-state index in [0.717, 1.165) is 0 Å². The van der Waals surface area contributed by atoms with Crippen LogP contribution >= 0.6 is 0 Å². The van der Waals surface area contributed by atoms with Gasteiger partial charge in [0.15, 0.2) is 0 Å². The highest BCUT2D eigenvalue weighted by Gasteiger charge is 2.39. The molecule has 0 spiro atoms. The summed E-state index contributed by atoms with van der Waals surface area (Å²) in [6.45, 7) is 7.19. The van der Waals surface area contributed by atoms with Gasteiger partial charge in [0, 0.05) is 37.7 Å². The van der Waals surface area contributed by atoms with E-state index in [-0.39, 0.29) is 12.8 Å². The lowest BCUT2D eigenvalue weighted by Crippen LogP contribution is -2.45. The number of nitrogens with zero attached hydrogens (tertiary/aromatic N) is 2. The third kappa shape index (κ3) is 4.27. The molecule has 1 aromatic heterocycles. The number of carbonyl (C=O) groups is 1. The molecule has 0 saturated carbocycles. The number of hydrogen-bond acceptors (Lipinski definition) is 5. The van der Waals surface area contributed by atoms with Crippen LogP contribution in [-0.2, 0) is 19.9 Å².